The highest BCUT2D eigenvalue weighted by Crippen LogP contribution is 2.33. The highest BCUT2D eigenvalue weighted by Gasteiger charge is 2.44. The second kappa shape index (κ2) is 12.8. The van der Waals surface area contributed by atoms with Gasteiger partial charge in [-0.1, -0.05) is 12.1 Å². The van der Waals surface area contributed by atoms with Crippen molar-refractivity contribution < 1.29 is 43.5 Å². The fraction of sp³-hybridized carbons (Fsp3) is 0.500. The third-order valence-corrected chi connectivity index (χ3v) is 6.45. The monoisotopic (exact) mass is 516 g/mol. The van der Waals surface area contributed by atoms with Crippen LogP contribution < -0.4 is 5.32 Å². The van der Waals surface area contributed by atoms with Crippen molar-refractivity contribution in [2.24, 2.45) is 0 Å². The predicted molar refractivity (Wildman–Crippen MR) is 130 cm³/mol. The van der Waals surface area contributed by atoms with E-state index in [1.165, 1.54) is 11.2 Å². The number of fused-ring (bicyclic) bond motifs is 1. The van der Waals surface area contributed by atoms with Gasteiger partial charge in [0.05, 0.1) is 25.0 Å². The van der Waals surface area contributed by atoms with Crippen molar-refractivity contribution in [2.45, 2.75) is 43.6 Å². The van der Waals surface area contributed by atoms with Crippen LogP contribution in [0.1, 0.15) is 35.2 Å². The topological polar surface area (TPSA) is 144 Å². The number of carbonyl (C=O) groups is 3. The number of esters is 1. The molecule has 0 spiro atoms. The average Bonchev–Trinajstić information content (AvgIpc) is 3.59. The number of aliphatic hydroxyl groups is 2. The maximum absolute atomic E-state index is 13.4. The normalized spacial score (nSPS) is 25.0. The Hall–Kier alpha value is -3.25. The number of likely N-dealkylation sites (tertiary alicyclic amines) is 1. The minimum Gasteiger partial charge on any atom is -0.499 e. The van der Waals surface area contributed by atoms with Gasteiger partial charge >= 0.3 is 5.97 Å². The first-order valence-electron chi connectivity index (χ1n) is 12.4. The van der Waals surface area contributed by atoms with Gasteiger partial charge in [-0.2, -0.15) is 0 Å². The largest absolute Gasteiger partial charge is 0.499 e. The molecule has 4 unspecified atom stereocenters. The van der Waals surface area contributed by atoms with Crippen molar-refractivity contribution in [3.63, 3.8) is 0 Å². The molecule has 0 radical (unpaired) electrons. The van der Waals surface area contributed by atoms with Crippen molar-refractivity contribution in [1.29, 1.82) is 0 Å². The molecule has 200 valence electrons. The molecule has 4 rings (SSSR count). The van der Waals surface area contributed by atoms with E-state index < -0.39 is 30.3 Å². The molecular weight excluding hydrogens is 484 g/mol. The molecule has 1 aromatic rings. The lowest BCUT2D eigenvalue weighted by Crippen LogP contribution is -2.49. The Labute approximate surface area is 214 Å². The summed E-state index contributed by atoms with van der Waals surface area (Å²) in [5, 5.41) is 20.4. The van der Waals surface area contributed by atoms with Crippen LogP contribution in [0, 0.1) is 0 Å². The lowest BCUT2D eigenvalue weighted by atomic mass is 9.91. The van der Waals surface area contributed by atoms with E-state index in [2.05, 4.69) is 5.32 Å². The van der Waals surface area contributed by atoms with Crippen LogP contribution in [-0.4, -0.2) is 97.0 Å². The van der Waals surface area contributed by atoms with Crippen LogP contribution in [0.15, 0.2) is 42.2 Å². The number of ether oxygens (including phenoxy) is 4. The van der Waals surface area contributed by atoms with E-state index in [-0.39, 0.29) is 51.4 Å². The zero-order valence-electron chi connectivity index (χ0n) is 20.4. The number of nitrogens with one attached hydrogen (secondary N) is 1. The smallest absolute Gasteiger partial charge is 0.338 e. The number of benzene rings is 1. The third-order valence-electron chi connectivity index (χ3n) is 6.45. The summed E-state index contributed by atoms with van der Waals surface area (Å²) >= 11 is 0. The van der Waals surface area contributed by atoms with Gasteiger partial charge < -0.3 is 39.4 Å². The van der Waals surface area contributed by atoms with Gasteiger partial charge in [0.25, 0.3) is 0 Å². The third kappa shape index (κ3) is 6.55. The molecule has 11 heteroatoms. The Balaban J connectivity index is 1.44. The van der Waals surface area contributed by atoms with E-state index in [0.29, 0.717) is 36.1 Å². The second-order valence-electron chi connectivity index (χ2n) is 8.91. The van der Waals surface area contributed by atoms with Crippen LogP contribution >= 0.6 is 0 Å². The van der Waals surface area contributed by atoms with Crippen LogP contribution in [0.25, 0.3) is 6.08 Å². The molecule has 0 bridgehead atoms. The Morgan fingerprint density at radius 2 is 2.05 bits per heavy atom. The molecule has 2 saturated heterocycles. The van der Waals surface area contributed by atoms with Gasteiger partial charge in [0.15, 0.2) is 0 Å². The SMILES string of the molecule is O=C(OC1CC(C(=O)N2CCCC2C(=O)NCCO)=CC2OCOC21)c1cccc(C=COCCO)c1. The first-order chi connectivity index (χ1) is 18.0. The Morgan fingerprint density at radius 1 is 1.19 bits per heavy atom. The molecule has 2 aliphatic heterocycles. The molecule has 1 aromatic carbocycles. The van der Waals surface area contributed by atoms with Crippen molar-refractivity contribution >= 4 is 23.9 Å². The molecule has 1 aliphatic carbocycles. The van der Waals surface area contributed by atoms with Crippen molar-refractivity contribution in [3.05, 3.63) is 53.3 Å². The van der Waals surface area contributed by atoms with Crippen LogP contribution in [0.2, 0.25) is 0 Å². The van der Waals surface area contributed by atoms with E-state index in [1.54, 1.807) is 36.4 Å². The fourth-order valence-corrected chi connectivity index (χ4v) is 4.70. The van der Waals surface area contributed by atoms with Crippen molar-refractivity contribution in [2.75, 3.05) is 39.7 Å². The standard InChI is InChI=1S/C26H32N2O9/c29-9-7-27-24(31)20-5-2-8-28(20)25(32)19-14-21-23(36-16-35-21)22(15-19)37-26(33)18-4-1-3-17(13-18)6-11-34-12-10-30/h1,3-4,6,11,13-14,20-23,29-30H,2,5,7-10,12,15-16H2,(H,27,31). The van der Waals surface area contributed by atoms with E-state index in [4.69, 9.17) is 29.2 Å². The predicted octanol–water partition coefficient (Wildman–Crippen LogP) is 0.363. The van der Waals surface area contributed by atoms with Gasteiger partial charge in [-0.15, -0.1) is 0 Å². The molecular formula is C26H32N2O9. The van der Waals surface area contributed by atoms with Crippen molar-refractivity contribution in [3.8, 4) is 0 Å². The Kier molecular flexibility index (Phi) is 9.29. The van der Waals surface area contributed by atoms with Gasteiger partial charge in [0.2, 0.25) is 11.8 Å². The number of nitrogens with zero attached hydrogens (tertiary/aromatic N) is 1. The highest BCUT2D eigenvalue weighted by atomic mass is 16.7. The summed E-state index contributed by atoms with van der Waals surface area (Å²) in [6.45, 7) is 0.476. The summed E-state index contributed by atoms with van der Waals surface area (Å²) < 4.78 is 22.2. The second-order valence-corrected chi connectivity index (χ2v) is 8.91. The van der Waals surface area contributed by atoms with Crippen LogP contribution in [-0.2, 0) is 28.5 Å². The summed E-state index contributed by atoms with van der Waals surface area (Å²) in [5.41, 5.74) is 1.44. The lowest BCUT2D eigenvalue weighted by molar-refractivity contribution is -0.136. The summed E-state index contributed by atoms with van der Waals surface area (Å²) in [5.74, 6) is -1.16. The number of carbonyl (C=O) groups excluding carboxylic acids is 3. The quantitative estimate of drug-likeness (QED) is 0.228. The molecule has 37 heavy (non-hydrogen) atoms. The van der Waals surface area contributed by atoms with Gasteiger partial charge in [-0.25, -0.2) is 4.79 Å². The molecule has 4 atom stereocenters. The first-order valence-corrected chi connectivity index (χ1v) is 12.4. The zero-order chi connectivity index (χ0) is 26.2. The minimum atomic E-state index is -0.750. The minimum absolute atomic E-state index is 0.0192. The zero-order valence-corrected chi connectivity index (χ0v) is 20.4. The van der Waals surface area contributed by atoms with E-state index in [9.17, 15) is 14.4 Å². The summed E-state index contributed by atoms with van der Waals surface area (Å²) in [7, 11) is 0. The highest BCUT2D eigenvalue weighted by molar-refractivity contribution is 5.98. The Bertz CT molecular complexity index is 1040. The number of amides is 2. The van der Waals surface area contributed by atoms with Crippen LogP contribution in [0.4, 0.5) is 0 Å². The maximum atomic E-state index is 13.4. The van der Waals surface area contributed by atoms with Gasteiger partial charge in [-0.05, 0) is 42.7 Å². The number of aliphatic hydroxyl groups excluding tert-OH is 2. The fourth-order valence-electron chi connectivity index (χ4n) is 4.70. The number of hydrogen-bond donors (Lipinski definition) is 3. The molecule has 0 saturated carbocycles. The van der Waals surface area contributed by atoms with E-state index in [0.717, 1.165) is 0 Å². The lowest BCUT2D eigenvalue weighted by Gasteiger charge is -2.32. The van der Waals surface area contributed by atoms with E-state index in [1.807, 2.05) is 0 Å². The van der Waals surface area contributed by atoms with E-state index >= 15 is 0 Å². The van der Waals surface area contributed by atoms with Gasteiger partial charge in [0, 0.05) is 25.1 Å². The van der Waals surface area contributed by atoms with Crippen LogP contribution in [0.5, 0.6) is 0 Å². The number of rotatable bonds is 10. The molecule has 0 aromatic heterocycles. The van der Waals surface area contributed by atoms with Crippen LogP contribution in [0.3, 0.4) is 0 Å². The maximum Gasteiger partial charge on any atom is 0.338 e. The molecule has 2 heterocycles. The first kappa shape index (κ1) is 26.8. The van der Waals surface area contributed by atoms with Crippen molar-refractivity contribution in [1.82, 2.24) is 10.2 Å². The number of hydrogen-bond acceptors (Lipinski definition) is 9. The molecule has 3 N–H and O–H groups in total. The molecule has 11 nitrogen and oxygen atoms in total. The molecule has 3 aliphatic rings. The van der Waals surface area contributed by atoms with Gasteiger partial charge in [0.1, 0.15) is 37.8 Å². The van der Waals surface area contributed by atoms with Gasteiger partial charge in [-0.3, -0.25) is 9.59 Å². The molecule has 2 fully saturated rings. The summed E-state index contributed by atoms with van der Waals surface area (Å²) in [6.07, 6.45) is 4.32. The molecule has 2 amide bonds. The Morgan fingerprint density at radius 3 is 2.86 bits per heavy atom. The summed E-state index contributed by atoms with van der Waals surface area (Å²) in [6, 6.07) is 6.17. The summed E-state index contributed by atoms with van der Waals surface area (Å²) in [4.78, 5) is 40.5. The average molecular weight is 517 g/mol.